The van der Waals surface area contributed by atoms with Crippen LogP contribution in [0.5, 0.6) is 5.75 Å². The lowest BCUT2D eigenvalue weighted by atomic mass is 10.1. The summed E-state index contributed by atoms with van der Waals surface area (Å²) in [4.78, 5) is 12.0. The van der Waals surface area contributed by atoms with E-state index in [1.807, 2.05) is 0 Å². The Balaban J connectivity index is 1.85. The van der Waals surface area contributed by atoms with Gasteiger partial charge in [-0.1, -0.05) is 34.9 Å². The van der Waals surface area contributed by atoms with Crippen molar-refractivity contribution < 1.29 is 9.53 Å². The number of carbonyl (C=O) groups is 1. The largest absolute Gasteiger partial charge is 0.479 e. The fraction of sp³-hybridized carbons (Fsp3) is 0.400. The number of halogens is 2. The van der Waals surface area contributed by atoms with Crippen molar-refractivity contribution in [3.63, 3.8) is 0 Å². The second-order valence-electron chi connectivity index (χ2n) is 4.87. The zero-order chi connectivity index (χ0) is 15.2. The Morgan fingerprint density at radius 2 is 2.29 bits per heavy atom. The van der Waals surface area contributed by atoms with Crippen LogP contribution in [0, 0.1) is 0 Å². The zero-order valence-corrected chi connectivity index (χ0v) is 13.3. The number of amides is 1. The van der Waals surface area contributed by atoms with E-state index in [-0.39, 0.29) is 5.91 Å². The molecule has 114 valence electrons. The Kier molecular flexibility index (Phi) is 5.91. The highest BCUT2D eigenvalue weighted by Crippen LogP contribution is 2.28. The Hall–Kier alpha value is -1.23. The molecule has 21 heavy (non-hydrogen) atoms. The van der Waals surface area contributed by atoms with Crippen LogP contribution in [0.1, 0.15) is 13.3 Å². The molecule has 1 aliphatic rings. The molecule has 0 saturated heterocycles. The monoisotopic (exact) mass is 328 g/mol. The standard InChI is InChI=1S/C15H18Cl2N2O2/c1-10(21-14-3-2-12(16)8-13(14)17)15(20)19-9-11-4-6-18-7-5-11/h2-4,8,10,18H,5-7,9H2,1H3,(H,19,20). The molecule has 0 fully saturated rings. The topological polar surface area (TPSA) is 50.4 Å². The van der Waals surface area contributed by atoms with E-state index in [1.54, 1.807) is 25.1 Å². The lowest BCUT2D eigenvalue weighted by Gasteiger charge is -2.18. The van der Waals surface area contributed by atoms with E-state index in [9.17, 15) is 4.79 Å². The molecule has 1 amide bonds. The van der Waals surface area contributed by atoms with Gasteiger partial charge in [-0.2, -0.15) is 0 Å². The molecule has 1 aromatic carbocycles. The minimum Gasteiger partial charge on any atom is -0.479 e. The van der Waals surface area contributed by atoms with E-state index < -0.39 is 6.10 Å². The van der Waals surface area contributed by atoms with Crippen LogP contribution in [0.3, 0.4) is 0 Å². The van der Waals surface area contributed by atoms with Gasteiger partial charge in [0.05, 0.1) is 5.02 Å². The van der Waals surface area contributed by atoms with Gasteiger partial charge in [-0.25, -0.2) is 0 Å². The summed E-state index contributed by atoms with van der Waals surface area (Å²) >= 11 is 11.8. The molecule has 4 nitrogen and oxygen atoms in total. The molecule has 1 aromatic rings. The van der Waals surface area contributed by atoms with Crippen molar-refractivity contribution in [1.29, 1.82) is 0 Å². The van der Waals surface area contributed by atoms with E-state index in [4.69, 9.17) is 27.9 Å². The van der Waals surface area contributed by atoms with Crippen LogP contribution >= 0.6 is 23.2 Å². The first-order valence-corrected chi connectivity index (χ1v) is 7.60. The number of carbonyl (C=O) groups excluding carboxylic acids is 1. The first-order valence-electron chi connectivity index (χ1n) is 6.84. The van der Waals surface area contributed by atoms with Crippen LogP contribution < -0.4 is 15.4 Å². The van der Waals surface area contributed by atoms with Gasteiger partial charge in [-0.05, 0) is 38.1 Å². The van der Waals surface area contributed by atoms with E-state index in [2.05, 4.69) is 16.7 Å². The molecule has 2 N–H and O–H groups in total. The molecular formula is C15H18Cl2N2O2. The van der Waals surface area contributed by atoms with Gasteiger partial charge in [0.15, 0.2) is 6.10 Å². The molecule has 2 rings (SSSR count). The fourth-order valence-electron chi connectivity index (χ4n) is 1.99. The summed E-state index contributed by atoms with van der Waals surface area (Å²) in [7, 11) is 0. The average molecular weight is 329 g/mol. The maximum atomic E-state index is 12.0. The lowest BCUT2D eigenvalue weighted by molar-refractivity contribution is -0.127. The highest BCUT2D eigenvalue weighted by atomic mass is 35.5. The third kappa shape index (κ3) is 4.92. The van der Waals surface area contributed by atoms with Gasteiger partial charge in [0.1, 0.15) is 5.75 Å². The van der Waals surface area contributed by atoms with Crippen molar-refractivity contribution >= 4 is 29.1 Å². The van der Waals surface area contributed by atoms with Gasteiger partial charge in [-0.3, -0.25) is 4.79 Å². The lowest BCUT2D eigenvalue weighted by Crippen LogP contribution is -2.38. The van der Waals surface area contributed by atoms with Gasteiger partial charge in [0, 0.05) is 18.1 Å². The molecule has 1 heterocycles. The van der Waals surface area contributed by atoms with Crippen LogP contribution in [0.4, 0.5) is 0 Å². The summed E-state index contributed by atoms with van der Waals surface area (Å²) in [5.41, 5.74) is 1.24. The van der Waals surface area contributed by atoms with Crippen LogP contribution in [-0.4, -0.2) is 31.6 Å². The fourth-order valence-corrected chi connectivity index (χ4v) is 2.44. The molecule has 1 aliphatic heterocycles. The Labute approximate surface area is 134 Å². The Bertz CT molecular complexity index is 546. The summed E-state index contributed by atoms with van der Waals surface area (Å²) < 4.78 is 5.57. The van der Waals surface area contributed by atoms with E-state index in [1.165, 1.54) is 5.57 Å². The second kappa shape index (κ2) is 7.69. The van der Waals surface area contributed by atoms with Crippen molar-refractivity contribution in [2.75, 3.05) is 19.6 Å². The first-order chi connectivity index (χ1) is 10.1. The van der Waals surface area contributed by atoms with E-state index in [0.29, 0.717) is 22.3 Å². The summed E-state index contributed by atoms with van der Waals surface area (Å²) in [6.07, 6.45) is 2.44. The molecule has 1 atom stereocenters. The molecule has 0 spiro atoms. The summed E-state index contributed by atoms with van der Waals surface area (Å²) in [5.74, 6) is 0.283. The van der Waals surface area contributed by atoms with Crippen LogP contribution in [-0.2, 0) is 4.79 Å². The zero-order valence-electron chi connectivity index (χ0n) is 11.8. The normalized spacial score (nSPS) is 16.0. The van der Waals surface area contributed by atoms with Gasteiger partial charge < -0.3 is 15.4 Å². The predicted molar refractivity (Wildman–Crippen MR) is 85.1 cm³/mol. The van der Waals surface area contributed by atoms with E-state index >= 15 is 0 Å². The minimum atomic E-state index is -0.619. The average Bonchev–Trinajstić information content (AvgIpc) is 2.48. The van der Waals surface area contributed by atoms with Gasteiger partial charge in [-0.15, -0.1) is 0 Å². The summed E-state index contributed by atoms with van der Waals surface area (Å²) in [5, 5.41) is 7.03. The van der Waals surface area contributed by atoms with E-state index in [0.717, 1.165) is 19.5 Å². The first kappa shape index (κ1) is 16.1. The second-order valence-corrected chi connectivity index (χ2v) is 5.71. The van der Waals surface area contributed by atoms with Crippen molar-refractivity contribution in [2.45, 2.75) is 19.4 Å². The Morgan fingerprint density at radius 1 is 1.48 bits per heavy atom. The molecule has 0 aliphatic carbocycles. The highest BCUT2D eigenvalue weighted by molar-refractivity contribution is 6.35. The van der Waals surface area contributed by atoms with Crippen LogP contribution in [0.15, 0.2) is 29.8 Å². The van der Waals surface area contributed by atoms with Gasteiger partial charge in [0.25, 0.3) is 5.91 Å². The van der Waals surface area contributed by atoms with Gasteiger partial charge >= 0.3 is 0 Å². The minimum absolute atomic E-state index is 0.166. The molecule has 0 saturated carbocycles. The quantitative estimate of drug-likeness (QED) is 0.817. The van der Waals surface area contributed by atoms with Crippen molar-refractivity contribution in [2.24, 2.45) is 0 Å². The Morgan fingerprint density at radius 3 is 2.95 bits per heavy atom. The van der Waals surface area contributed by atoms with Crippen molar-refractivity contribution in [3.8, 4) is 5.75 Å². The summed E-state index contributed by atoms with van der Waals surface area (Å²) in [6.45, 7) is 4.06. The number of hydrogen-bond donors (Lipinski definition) is 2. The third-order valence-corrected chi connectivity index (χ3v) is 3.75. The third-order valence-electron chi connectivity index (χ3n) is 3.21. The molecule has 6 heteroatoms. The highest BCUT2D eigenvalue weighted by Gasteiger charge is 2.16. The number of ether oxygens (including phenoxy) is 1. The molecule has 1 unspecified atom stereocenters. The van der Waals surface area contributed by atoms with Gasteiger partial charge in [0.2, 0.25) is 0 Å². The molecule has 0 aromatic heterocycles. The smallest absolute Gasteiger partial charge is 0.261 e. The number of hydrogen-bond acceptors (Lipinski definition) is 3. The maximum absolute atomic E-state index is 12.0. The molecule has 0 radical (unpaired) electrons. The number of benzene rings is 1. The maximum Gasteiger partial charge on any atom is 0.261 e. The SMILES string of the molecule is CC(Oc1ccc(Cl)cc1Cl)C(=O)NCC1=CCNCC1. The van der Waals surface area contributed by atoms with Crippen molar-refractivity contribution in [1.82, 2.24) is 10.6 Å². The predicted octanol–water partition coefficient (Wildman–Crippen LogP) is 2.80. The van der Waals surface area contributed by atoms with Crippen molar-refractivity contribution in [3.05, 3.63) is 39.9 Å². The van der Waals surface area contributed by atoms with Crippen LogP contribution in [0.25, 0.3) is 0 Å². The summed E-state index contributed by atoms with van der Waals surface area (Å²) in [6, 6.07) is 4.92. The number of nitrogens with one attached hydrogen (secondary N) is 2. The van der Waals surface area contributed by atoms with Crippen LogP contribution in [0.2, 0.25) is 10.0 Å². The molecule has 0 bridgehead atoms. The molecular weight excluding hydrogens is 311 g/mol. The number of rotatable bonds is 5.